The number of hydrogen-bond acceptors (Lipinski definition) is 5. The van der Waals surface area contributed by atoms with E-state index in [1.165, 1.54) is 0 Å². The number of carbonyl (C=O) groups is 1. The minimum atomic E-state index is -1.04. The molecular formula is C20H18N4O2S. The maximum Gasteiger partial charge on any atom is 0.356 e. The molecule has 0 amide bonds. The minimum absolute atomic E-state index is 0.0239. The maximum absolute atomic E-state index is 11.4. The first-order chi connectivity index (χ1) is 13.0. The smallest absolute Gasteiger partial charge is 0.356 e. The molecule has 0 fully saturated rings. The first kappa shape index (κ1) is 17.2. The monoisotopic (exact) mass is 378 g/mol. The van der Waals surface area contributed by atoms with Crippen LogP contribution >= 0.6 is 11.3 Å². The van der Waals surface area contributed by atoms with Crippen LogP contribution in [0.4, 0.5) is 5.13 Å². The van der Waals surface area contributed by atoms with Gasteiger partial charge in [-0.3, -0.25) is 0 Å². The number of nitrogens with zero attached hydrogens (tertiary/aromatic N) is 3. The van der Waals surface area contributed by atoms with Crippen LogP contribution in [0.3, 0.4) is 0 Å². The van der Waals surface area contributed by atoms with Crippen LogP contribution in [0.2, 0.25) is 0 Å². The number of hydrogen-bond donors (Lipinski definition) is 2. The normalized spacial score (nSPS) is 11.2. The lowest BCUT2D eigenvalue weighted by molar-refractivity contribution is 0.0691. The molecule has 136 valence electrons. The van der Waals surface area contributed by atoms with Crippen molar-refractivity contribution in [2.45, 2.75) is 19.9 Å². The molecule has 0 aliphatic heterocycles. The molecule has 0 saturated carbocycles. The second-order valence-electron chi connectivity index (χ2n) is 6.50. The van der Waals surface area contributed by atoms with Crippen molar-refractivity contribution in [1.82, 2.24) is 14.4 Å². The van der Waals surface area contributed by atoms with Gasteiger partial charge in [-0.15, -0.1) is 0 Å². The summed E-state index contributed by atoms with van der Waals surface area (Å²) in [5.41, 5.74) is 3.47. The topological polar surface area (TPSA) is 79.5 Å². The number of carboxylic acids is 1. The highest BCUT2D eigenvalue weighted by molar-refractivity contribution is 7.18. The van der Waals surface area contributed by atoms with Gasteiger partial charge in [0, 0.05) is 35.8 Å². The largest absolute Gasteiger partial charge is 0.476 e. The van der Waals surface area contributed by atoms with E-state index in [-0.39, 0.29) is 5.69 Å². The van der Waals surface area contributed by atoms with Gasteiger partial charge in [0.25, 0.3) is 0 Å². The highest BCUT2D eigenvalue weighted by Crippen LogP contribution is 2.34. The molecule has 4 rings (SSSR count). The molecule has 3 heterocycles. The van der Waals surface area contributed by atoms with Gasteiger partial charge in [0.05, 0.1) is 4.88 Å². The van der Waals surface area contributed by atoms with E-state index in [0.29, 0.717) is 11.7 Å². The number of pyridine rings is 1. The maximum atomic E-state index is 11.4. The molecule has 0 unspecified atom stereocenters. The number of aromatic carboxylic acids is 1. The van der Waals surface area contributed by atoms with Crippen molar-refractivity contribution >= 4 is 28.1 Å². The van der Waals surface area contributed by atoms with Gasteiger partial charge >= 0.3 is 5.97 Å². The molecule has 0 saturated heterocycles. The van der Waals surface area contributed by atoms with E-state index in [0.717, 1.165) is 26.7 Å². The van der Waals surface area contributed by atoms with Crippen LogP contribution in [-0.4, -0.2) is 31.5 Å². The number of aromatic nitrogens is 3. The van der Waals surface area contributed by atoms with Gasteiger partial charge in [-0.25, -0.2) is 14.8 Å². The van der Waals surface area contributed by atoms with Gasteiger partial charge in [0.15, 0.2) is 10.8 Å². The summed E-state index contributed by atoms with van der Waals surface area (Å²) in [6, 6.07) is 12.2. The number of fused-ring (bicyclic) bond motifs is 1. The third kappa shape index (κ3) is 3.41. The number of benzene rings is 1. The lowest BCUT2D eigenvalue weighted by Gasteiger charge is -2.07. The molecule has 0 atom stereocenters. The Morgan fingerprint density at radius 2 is 1.96 bits per heavy atom. The third-order valence-electron chi connectivity index (χ3n) is 4.06. The molecule has 7 heteroatoms. The summed E-state index contributed by atoms with van der Waals surface area (Å²) in [4.78, 5) is 21.1. The fourth-order valence-electron chi connectivity index (χ4n) is 2.89. The zero-order valence-corrected chi connectivity index (χ0v) is 15.7. The summed E-state index contributed by atoms with van der Waals surface area (Å²) in [5.74, 6) is -1.04. The highest BCUT2D eigenvalue weighted by atomic mass is 32.1. The molecule has 4 aromatic rings. The lowest BCUT2D eigenvalue weighted by Crippen LogP contribution is -2.08. The summed E-state index contributed by atoms with van der Waals surface area (Å²) in [6.45, 7) is 4.14. The highest BCUT2D eigenvalue weighted by Gasteiger charge is 2.16. The number of carboxylic acid groups (broad SMARTS) is 1. The predicted molar refractivity (Wildman–Crippen MR) is 107 cm³/mol. The number of imidazole rings is 1. The average Bonchev–Trinajstić information content (AvgIpc) is 3.28. The van der Waals surface area contributed by atoms with E-state index in [1.54, 1.807) is 21.9 Å². The molecule has 0 bridgehead atoms. The Balaban J connectivity index is 1.89. The number of anilines is 1. The Morgan fingerprint density at radius 3 is 2.67 bits per heavy atom. The van der Waals surface area contributed by atoms with Crippen LogP contribution in [0.15, 0.2) is 55.0 Å². The van der Waals surface area contributed by atoms with Crippen molar-refractivity contribution in [1.29, 1.82) is 0 Å². The van der Waals surface area contributed by atoms with Crippen molar-refractivity contribution in [3.8, 4) is 21.6 Å². The first-order valence-corrected chi connectivity index (χ1v) is 9.37. The van der Waals surface area contributed by atoms with E-state index in [4.69, 9.17) is 0 Å². The van der Waals surface area contributed by atoms with Crippen molar-refractivity contribution < 1.29 is 9.90 Å². The van der Waals surface area contributed by atoms with Crippen LogP contribution < -0.4 is 5.32 Å². The quantitative estimate of drug-likeness (QED) is 0.529. The molecule has 0 aliphatic rings. The lowest BCUT2D eigenvalue weighted by atomic mass is 10.0. The zero-order valence-electron chi connectivity index (χ0n) is 14.9. The summed E-state index contributed by atoms with van der Waals surface area (Å²) in [5, 5.41) is 13.5. The van der Waals surface area contributed by atoms with E-state index in [9.17, 15) is 9.90 Å². The fourth-order valence-corrected chi connectivity index (χ4v) is 3.83. The van der Waals surface area contributed by atoms with Crippen LogP contribution in [0.25, 0.3) is 27.2 Å². The zero-order chi connectivity index (χ0) is 19.0. The van der Waals surface area contributed by atoms with Crippen LogP contribution in [0.1, 0.15) is 24.3 Å². The fraction of sp³-hybridized carbons (Fsp3) is 0.150. The Bertz CT molecular complexity index is 1120. The number of rotatable bonds is 5. The van der Waals surface area contributed by atoms with Crippen molar-refractivity contribution in [3.05, 3.63) is 60.7 Å². The SMILES string of the molecule is CC(C)Nc1ncc(-c2cc(-c3ccccc3)c3nc(C(=O)O)cn3c2)s1. The summed E-state index contributed by atoms with van der Waals surface area (Å²) < 4.78 is 1.77. The van der Waals surface area contributed by atoms with Crippen molar-refractivity contribution in [2.75, 3.05) is 5.32 Å². The van der Waals surface area contributed by atoms with Gasteiger partial charge in [-0.2, -0.15) is 0 Å². The first-order valence-electron chi connectivity index (χ1n) is 8.55. The molecule has 6 nitrogen and oxygen atoms in total. The standard InChI is InChI=1S/C20H18N4O2S/c1-12(2)22-20-21-9-17(27-20)14-8-15(13-6-4-3-5-7-13)18-23-16(19(25)26)11-24(18)10-14/h3-12H,1-2H3,(H,21,22)(H,25,26). The third-order valence-corrected chi connectivity index (χ3v) is 5.04. The second kappa shape index (κ2) is 6.85. The van der Waals surface area contributed by atoms with Crippen molar-refractivity contribution in [2.24, 2.45) is 0 Å². The number of thiazole rings is 1. The van der Waals surface area contributed by atoms with Gasteiger partial charge < -0.3 is 14.8 Å². The average molecular weight is 378 g/mol. The summed E-state index contributed by atoms with van der Waals surface area (Å²) >= 11 is 1.57. The molecule has 1 aromatic carbocycles. The molecule has 27 heavy (non-hydrogen) atoms. The van der Waals surface area contributed by atoms with Gasteiger partial charge in [-0.05, 0) is 25.5 Å². The van der Waals surface area contributed by atoms with Gasteiger partial charge in [0.1, 0.15) is 5.65 Å². The van der Waals surface area contributed by atoms with Crippen LogP contribution in [0, 0.1) is 0 Å². The van der Waals surface area contributed by atoms with Crippen molar-refractivity contribution in [3.63, 3.8) is 0 Å². The van der Waals surface area contributed by atoms with Crippen LogP contribution in [-0.2, 0) is 0 Å². The van der Waals surface area contributed by atoms with Gasteiger partial charge in [0.2, 0.25) is 0 Å². The predicted octanol–water partition coefficient (Wildman–Crippen LogP) is 4.64. The molecular weight excluding hydrogens is 360 g/mol. The van der Waals surface area contributed by atoms with E-state index in [2.05, 4.69) is 29.1 Å². The van der Waals surface area contributed by atoms with E-state index in [1.807, 2.05) is 48.8 Å². The summed E-state index contributed by atoms with van der Waals surface area (Å²) in [6.07, 6.45) is 5.27. The van der Waals surface area contributed by atoms with E-state index >= 15 is 0 Å². The Labute approximate surface area is 160 Å². The van der Waals surface area contributed by atoms with Gasteiger partial charge in [-0.1, -0.05) is 41.7 Å². The van der Waals surface area contributed by atoms with Crippen LogP contribution in [0.5, 0.6) is 0 Å². The molecule has 3 aromatic heterocycles. The Kier molecular flexibility index (Phi) is 4.37. The number of nitrogens with one attached hydrogen (secondary N) is 1. The minimum Gasteiger partial charge on any atom is -0.476 e. The molecule has 2 N–H and O–H groups in total. The second-order valence-corrected chi connectivity index (χ2v) is 7.53. The molecule has 0 radical (unpaired) electrons. The Hall–Kier alpha value is -3.19. The van der Waals surface area contributed by atoms with E-state index < -0.39 is 5.97 Å². The molecule has 0 spiro atoms. The Morgan fingerprint density at radius 1 is 1.19 bits per heavy atom. The summed E-state index contributed by atoms with van der Waals surface area (Å²) in [7, 11) is 0. The molecule has 0 aliphatic carbocycles.